The van der Waals surface area contributed by atoms with Gasteiger partial charge in [0.05, 0.1) is 0 Å². The van der Waals surface area contributed by atoms with Crippen molar-refractivity contribution in [2.24, 2.45) is 11.3 Å². The van der Waals surface area contributed by atoms with E-state index >= 15 is 0 Å². The molecular formula is C14H24N4. The zero-order valence-electron chi connectivity index (χ0n) is 12.0. The SMILES string of the molecule is Cc1c(N)nc(C(C)C)nc1NCC1CC1(C)C. The lowest BCUT2D eigenvalue weighted by Crippen LogP contribution is -2.13. The molecule has 1 saturated carbocycles. The Morgan fingerprint density at radius 2 is 2.00 bits per heavy atom. The summed E-state index contributed by atoms with van der Waals surface area (Å²) in [4.78, 5) is 8.91. The molecule has 0 amide bonds. The van der Waals surface area contributed by atoms with Gasteiger partial charge in [-0.05, 0) is 24.7 Å². The lowest BCUT2D eigenvalue weighted by molar-refractivity contribution is 0.572. The van der Waals surface area contributed by atoms with E-state index in [-0.39, 0.29) is 0 Å². The zero-order chi connectivity index (χ0) is 13.5. The van der Waals surface area contributed by atoms with Crippen LogP contribution in [0.25, 0.3) is 0 Å². The maximum atomic E-state index is 5.94. The van der Waals surface area contributed by atoms with Crippen LogP contribution in [0.4, 0.5) is 11.6 Å². The number of nitrogens with two attached hydrogens (primary N) is 1. The molecule has 3 N–H and O–H groups in total. The average Bonchev–Trinajstić information content (AvgIpc) is 2.88. The third kappa shape index (κ3) is 2.57. The molecule has 2 rings (SSSR count). The maximum Gasteiger partial charge on any atom is 0.135 e. The Kier molecular flexibility index (Phi) is 3.21. The van der Waals surface area contributed by atoms with Gasteiger partial charge in [0, 0.05) is 18.0 Å². The van der Waals surface area contributed by atoms with Crippen molar-refractivity contribution < 1.29 is 0 Å². The number of anilines is 2. The van der Waals surface area contributed by atoms with Gasteiger partial charge in [-0.25, -0.2) is 9.97 Å². The second kappa shape index (κ2) is 4.41. The largest absolute Gasteiger partial charge is 0.383 e. The molecule has 1 aliphatic rings. The first-order valence-electron chi connectivity index (χ1n) is 6.69. The van der Waals surface area contributed by atoms with Crippen molar-refractivity contribution in [2.75, 3.05) is 17.6 Å². The van der Waals surface area contributed by atoms with Crippen molar-refractivity contribution >= 4 is 11.6 Å². The quantitative estimate of drug-likeness (QED) is 0.860. The van der Waals surface area contributed by atoms with Gasteiger partial charge < -0.3 is 11.1 Å². The van der Waals surface area contributed by atoms with E-state index in [0.29, 0.717) is 17.2 Å². The number of aromatic nitrogens is 2. The summed E-state index contributed by atoms with van der Waals surface area (Å²) in [6.45, 7) is 11.7. The first-order chi connectivity index (χ1) is 8.31. The molecule has 0 saturated heterocycles. The zero-order valence-corrected chi connectivity index (χ0v) is 12.0. The molecule has 1 unspecified atom stereocenters. The summed E-state index contributed by atoms with van der Waals surface area (Å²) in [5.41, 5.74) is 7.39. The number of nitrogens with zero attached hydrogens (tertiary/aromatic N) is 2. The molecule has 1 fully saturated rings. The molecule has 0 aliphatic heterocycles. The first kappa shape index (κ1) is 13.1. The van der Waals surface area contributed by atoms with Crippen molar-refractivity contribution in [1.82, 2.24) is 9.97 Å². The Morgan fingerprint density at radius 3 is 2.50 bits per heavy atom. The lowest BCUT2D eigenvalue weighted by atomic mass is 10.1. The van der Waals surface area contributed by atoms with E-state index in [1.54, 1.807) is 0 Å². The highest BCUT2D eigenvalue weighted by molar-refractivity contribution is 5.55. The summed E-state index contributed by atoms with van der Waals surface area (Å²) in [5, 5.41) is 3.44. The van der Waals surface area contributed by atoms with Gasteiger partial charge in [0.15, 0.2) is 0 Å². The van der Waals surface area contributed by atoms with Crippen LogP contribution in [0, 0.1) is 18.3 Å². The van der Waals surface area contributed by atoms with Gasteiger partial charge in [-0.3, -0.25) is 0 Å². The average molecular weight is 248 g/mol. The molecule has 18 heavy (non-hydrogen) atoms. The van der Waals surface area contributed by atoms with Crippen LogP contribution < -0.4 is 11.1 Å². The monoisotopic (exact) mass is 248 g/mol. The number of hydrogen-bond donors (Lipinski definition) is 2. The van der Waals surface area contributed by atoms with Crippen molar-refractivity contribution in [3.8, 4) is 0 Å². The predicted octanol–water partition coefficient (Wildman–Crippen LogP) is 2.95. The molecule has 0 radical (unpaired) electrons. The summed E-state index contributed by atoms with van der Waals surface area (Å²) in [6.07, 6.45) is 1.29. The standard InChI is InChI=1S/C14H24N4/c1-8(2)12-17-11(15)9(3)13(18-12)16-7-10-6-14(10,4)5/h8,10H,6-7H2,1-5H3,(H3,15,16,17,18). The topological polar surface area (TPSA) is 63.8 Å². The highest BCUT2D eigenvalue weighted by Crippen LogP contribution is 2.51. The molecular weight excluding hydrogens is 224 g/mol. The van der Waals surface area contributed by atoms with Gasteiger partial charge in [-0.1, -0.05) is 27.7 Å². The Morgan fingerprint density at radius 1 is 1.39 bits per heavy atom. The molecule has 1 atom stereocenters. The minimum Gasteiger partial charge on any atom is -0.383 e. The Bertz CT molecular complexity index is 451. The molecule has 1 aliphatic carbocycles. The second-order valence-corrected chi connectivity index (χ2v) is 6.37. The molecule has 0 spiro atoms. The van der Waals surface area contributed by atoms with Crippen LogP contribution in [-0.2, 0) is 0 Å². The lowest BCUT2D eigenvalue weighted by Gasteiger charge is -2.14. The van der Waals surface area contributed by atoms with E-state index in [9.17, 15) is 0 Å². The third-order valence-corrected chi connectivity index (χ3v) is 3.95. The van der Waals surface area contributed by atoms with E-state index in [1.165, 1.54) is 6.42 Å². The summed E-state index contributed by atoms with van der Waals surface area (Å²) in [5.74, 6) is 3.34. The van der Waals surface area contributed by atoms with Gasteiger partial charge in [0.2, 0.25) is 0 Å². The van der Waals surface area contributed by atoms with Crippen LogP contribution in [0.5, 0.6) is 0 Å². The Hall–Kier alpha value is -1.32. The number of nitrogens with one attached hydrogen (secondary N) is 1. The first-order valence-corrected chi connectivity index (χ1v) is 6.69. The number of rotatable bonds is 4. The molecule has 100 valence electrons. The molecule has 4 nitrogen and oxygen atoms in total. The molecule has 0 bridgehead atoms. The van der Waals surface area contributed by atoms with Crippen molar-refractivity contribution in [3.05, 3.63) is 11.4 Å². The second-order valence-electron chi connectivity index (χ2n) is 6.37. The van der Waals surface area contributed by atoms with E-state index < -0.39 is 0 Å². The van der Waals surface area contributed by atoms with E-state index in [1.807, 2.05) is 6.92 Å². The Labute approximate surface area is 109 Å². The normalized spacial score (nSPS) is 21.1. The highest BCUT2D eigenvalue weighted by Gasteiger charge is 2.45. The van der Waals surface area contributed by atoms with Gasteiger partial charge in [-0.15, -0.1) is 0 Å². The van der Waals surface area contributed by atoms with Crippen LogP contribution in [0.15, 0.2) is 0 Å². The highest BCUT2D eigenvalue weighted by atomic mass is 15.1. The minimum atomic E-state index is 0.297. The van der Waals surface area contributed by atoms with Gasteiger partial charge in [0.25, 0.3) is 0 Å². The number of nitrogen functional groups attached to an aromatic ring is 1. The fourth-order valence-corrected chi connectivity index (χ4v) is 2.13. The Balaban J connectivity index is 2.11. The van der Waals surface area contributed by atoms with Crippen molar-refractivity contribution in [1.29, 1.82) is 0 Å². The fourth-order valence-electron chi connectivity index (χ4n) is 2.13. The predicted molar refractivity (Wildman–Crippen MR) is 75.6 cm³/mol. The van der Waals surface area contributed by atoms with E-state index in [2.05, 4.69) is 43.0 Å². The van der Waals surface area contributed by atoms with Crippen molar-refractivity contribution in [3.63, 3.8) is 0 Å². The fraction of sp³-hybridized carbons (Fsp3) is 0.714. The van der Waals surface area contributed by atoms with Crippen LogP contribution in [0.2, 0.25) is 0 Å². The van der Waals surface area contributed by atoms with Crippen molar-refractivity contribution in [2.45, 2.75) is 47.0 Å². The summed E-state index contributed by atoms with van der Waals surface area (Å²) in [7, 11) is 0. The van der Waals surface area contributed by atoms with Crippen LogP contribution in [0.1, 0.15) is 51.4 Å². The molecule has 0 aromatic carbocycles. The summed E-state index contributed by atoms with van der Waals surface area (Å²) in [6, 6.07) is 0. The van der Waals surface area contributed by atoms with Gasteiger partial charge in [0.1, 0.15) is 17.5 Å². The molecule has 4 heteroatoms. The minimum absolute atomic E-state index is 0.297. The smallest absolute Gasteiger partial charge is 0.135 e. The number of hydrogen-bond acceptors (Lipinski definition) is 4. The summed E-state index contributed by atoms with van der Waals surface area (Å²) < 4.78 is 0. The molecule has 1 aromatic rings. The third-order valence-electron chi connectivity index (χ3n) is 3.95. The molecule has 1 heterocycles. The van der Waals surface area contributed by atoms with E-state index in [0.717, 1.165) is 29.7 Å². The summed E-state index contributed by atoms with van der Waals surface area (Å²) >= 11 is 0. The van der Waals surface area contributed by atoms with Crippen LogP contribution >= 0.6 is 0 Å². The van der Waals surface area contributed by atoms with Gasteiger partial charge >= 0.3 is 0 Å². The molecule has 1 aromatic heterocycles. The maximum absolute atomic E-state index is 5.94. The van der Waals surface area contributed by atoms with Gasteiger partial charge in [-0.2, -0.15) is 0 Å². The van der Waals surface area contributed by atoms with Crippen LogP contribution in [-0.4, -0.2) is 16.5 Å². The van der Waals surface area contributed by atoms with Crippen LogP contribution in [0.3, 0.4) is 0 Å². The van der Waals surface area contributed by atoms with E-state index in [4.69, 9.17) is 5.73 Å².